The number of carbonyl (C=O) groups excluding carboxylic acids is 2. The Labute approximate surface area is 156 Å². The molecule has 0 atom stereocenters. The van der Waals surface area contributed by atoms with E-state index in [0.717, 1.165) is 25.2 Å². The van der Waals surface area contributed by atoms with E-state index in [2.05, 4.69) is 10.2 Å². The fraction of sp³-hybridized carbons (Fsp3) is 0.300. The van der Waals surface area contributed by atoms with Gasteiger partial charge in [-0.1, -0.05) is 13.8 Å². The molecule has 1 amide bonds. The molecular weight excluding hydrogens is 354 g/mol. The van der Waals surface area contributed by atoms with Gasteiger partial charge < -0.3 is 15.0 Å². The van der Waals surface area contributed by atoms with Crippen molar-refractivity contribution in [3.05, 3.63) is 65.2 Å². The largest absolute Gasteiger partial charge is 0.461 e. The van der Waals surface area contributed by atoms with E-state index in [0.29, 0.717) is 24.4 Å². The van der Waals surface area contributed by atoms with Gasteiger partial charge in [0.1, 0.15) is 6.61 Å². The molecule has 144 valence electrons. The Hall–Kier alpha value is -2.80. The van der Waals surface area contributed by atoms with Crippen LogP contribution in [0.2, 0.25) is 0 Å². The van der Waals surface area contributed by atoms with Crippen LogP contribution in [0.25, 0.3) is 0 Å². The highest BCUT2D eigenvalue weighted by molar-refractivity contribution is 6.04. The first-order chi connectivity index (χ1) is 12.9. The molecular formula is C20H22F2N2O3. The minimum Gasteiger partial charge on any atom is -0.461 e. The SMILES string of the molecule is CCN(CC)CCOC(=O)c1ccc(NC(=O)c2ccc(F)c(F)c2)cc1. The fourth-order valence-electron chi connectivity index (χ4n) is 2.42. The van der Waals surface area contributed by atoms with Gasteiger partial charge in [0.25, 0.3) is 5.91 Å². The standard InChI is InChI=1S/C20H22F2N2O3/c1-3-24(4-2)11-12-27-20(26)14-5-8-16(9-6-14)23-19(25)15-7-10-17(21)18(22)13-15/h5-10,13H,3-4,11-12H2,1-2H3,(H,23,25). The summed E-state index contributed by atoms with van der Waals surface area (Å²) in [5, 5.41) is 2.56. The first-order valence-electron chi connectivity index (χ1n) is 8.70. The number of esters is 1. The molecule has 2 aromatic rings. The van der Waals surface area contributed by atoms with Crippen molar-refractivity contribution in [2.75, 3.05) is 31.6 Å². The number of hydrogen-bond acceptors (Lipinski definition) is 4. The quantitative estimate of drug-likeness (QED) is 0.714. The van der Waals surface area contributed by atoms with Gasteiger partial charge in [-0.25, -0.2) is 13.6 Å². The van der Waals surface area contributed by atoms with Gasteiger partial charge in [-0.15, -0.1) is 0 Å². The molecule has 0 saturated carbocycles. The molecule has 0 unspecified atom stereocenters. The molecule has 0 aromatic heterocycles. The number of likely N-dealkylation sites (N-methyl/N-ethyl adjacent to an activating group) is 1. The van der Waals surface area contributed by atoms with Crippen molar-refractivity contribution >= 4 is 17.6 Å². The molecule has 27 heavy (non-hydrogen) atoms. The van der Waals surface area contributed by atoms with E-state index < -0.39 is 23.5 Å². The smallest absolute Gasteiger partial charge is 0.338 e. The summed E-state index contributed by atoms with van der Waals surface area (Å²) >= 11 is 0. The van der Waals surface area contributed by atoms with E-state index in [9.17, 15) is 18.4 Å². The molecule has 1 N–H and O–H groups in total. The fourth-order valence-corrected chi connectivity index (χ4v) is 2.42. The number of nitrogens with one attached hydrogen (secondary N) is 1. The number of nitrogens with zero attached hydrogens (tertiary/aromatic N) is 1. The molecule has 0 radical (unpaired) electrons. The zero-order valence-corrected chi connectivity index (χ0v) is 15.3. The lowest BCUT2D eigenvalue weighted by atomic mass is 10.1. The van der Waals surface area contributed by atoms with E-state index in [1.54, 1.807) is 12.1 Å². The first-order valence-corrected chi connectivity index (χ1v) is 8.70. The number of ether oxygens (including phenoxy) is 1. The van der Waals surface area contributed by atoms with Gasteiger partial charge in [0.05, 0.1) is 5.56 Å². The minimum atomic E-state index is -1.09. The van der Waals surface area contributed by atoms with Gasteiger partial charge in [-0.3, -0.25) is 4.79 Å². The molecule has 0 aliphatic carbocycles. The normalized spacial score (nSPS) is 10.7. The third-order valence-corrected chi connectivity index (χ3v) is 4.10. The third-order valence-electron chi connectivity index (χ3n) is 4.10. The van der Waals surface area contributed by atoms with E-state index in [1.165, 1.54) is 18.2 Å². The average molecular weight is 376 g/mol. The molecule has 0 fully saturated rings. The molecule has 0 aliphatic rings. The van der Waals surface area contributed by atoms with Crippen molar-refractivity contribution in [2.45, 2.75) is 13.8 Å². The average Bonchev–Trinajstić information content (AvgIpc) is 2.67. The molecule has 0 bridgehead atoms. The van der Waals surface area contributed by atoms with Crippen LogP contribution in [0.3, 0.4) is 0 Å². The number of carbonyl (C=O) groups is 2. The molecule has 2 aromatic carbocycles. The lowest BCUT2D eigenvalue weighted by Gasteiger charge is -2.17. The summed E-state index contributed by atoms with van der Waals surface area (Å²) in [5.74, 6) is -3.13. The van der Waals surface area contributed by atoms with Crippen molar-refractivity contribution in [2.24, 2.45) is 0 Å². The number of amides is 1. The molecule has 0 aliphatic heterocycles. The maximum atomic E-state index is 13.2. The van der Waals surface area contributed by atoms with Crippen LogP contribution in [0.5, 0.6) is 0 Å². The van der Waals surface area contributed by atoms with Gasteiger partial charge >= 0.3 is 5.97 Å². The van der Waals surface area contributed by atoms with Crippen LogP contribution in [-0.2, 0) is 4.74 Å². The third kappa shape index (κ3) is 5.86. The number of anilines is 1. The zero-order chi connectivity index (χ0) is 19.8. The molecule has 7 heteroatoms. The van der Waals surface area contributed by atoms with E-state index in [1.807, 2.05) is 13.8 Å². The van der Waals surface area contributed by atoms with Crippen molar-refractivity contribution in [1.29, 1.82) is 0 Å². The van der Waals surface area contributed by atoms with Crippen molar-refractivity contribution in [3.8, 4) is 0 Å². The summed E-state index contributed by atoms with van der Waals surface area (Å²) in [6.07, 6.45) is 0. The van der Waals surface area contributed by atoms with Crippen LogP contribution >= 0.6 is 0 Å². The number of halogens is 2. The summed E-state index contributed by atoms with van der Waals surface area (Å²) in [5.41, 5.74) is 0.776. The second-order valence-corrected chi connectivity index (χ2v) is 5.82. The van der Waals surface area contributed by atoms with Crippen LogP contribution in [0.15, 0.2) is 42.5 Å². The molecule has 0 spiro atoms. The second-order valence-electron chi connectivity index (χ2n) is 5.82. The van der Waals surface area contributed by atoms with Gasteiger partial charge in [0.2, 0.25) is 0 Å². The van der Waals surface area contributed by atoms with Crippen LogP contribution in [0.4, 0.5) is 14.5 Å². The van der Waals surface area contributed by atoms with Gasteiger partial charge in [0, 0.05) is 17.8 Å². The van der Waals surface area contributed by atoms with Crippen LogP contribution in [0.1, 0.15) is 34.6 Å². The van der Waals surface area contributed by atoms with Gasteiger partial charge in [-0.05, 0) is 55.6 Å². The zero-order valence-electron chi connectivity index (χ0n) is 15.3. The highest BCUT2D eigenvalue weighted by atomic mass is 19.2. The molecule has 0 heterocycles. The lowest BCUT2D eigenvalue weighted by molar-refractivity contribution is 0.0466. The van der Waals surface area contributed by atoms with Crippen LogP contribution < -0.4 is 5.32 Å². The number of rotatable bonds is 8. The monoisotopic (exact) mass is 376 g/mol. The second kappa shape index (κ2) is 9.78. The topological polar surface area (TPSA) is 58.6 Å². The molecule has 5 nitrogen and oxygen atoms in total. The summed E-state index contributed by atoms with van der Waals surface area (Å²) in [6, 6.07) is 9.04. The Kier molecular flexibility index (Phi) is 7.43. The first kappa shape index (κ1) is 20.5. The van der Waals surface area contributed by atoms with E-state index >= 15 is 0 Å². The van der Waals surface area contributed by atoms with Crippen molar-refractivity contribution in [1.82, 2.24) is 4.90 Å². The van der Waals surface area contributed by atoms with Gasteiger partial charge in [0.15, 0.2) is 11.6 Å². The Morgan fingerprint density at radius 2 is 1.59 bits per heavy atom. The number of benzene rings is 2. The predicted molar refractivity (Wildman–Crippen MR) is 98.8 cm³/mol. The van der Waals surface area contributed by atoms with E-state index in [4.69, 9.17) is 4.74 Å². The Balaban J connectivity index is 1.91. The molecule has 0 saturated heterocycles. The minimum absolute atomic E-state index is 0.00575. The summed E-state index contributed by atoms with van der Waals surface area (Å²) in [7, 11) is 0. The summed E-state index contributed by atoms with van der Waals surface area (Å²) in [4.78, 5) is 26.2. The number of hydrogen-bond donors (Lipinski definition) is 1. The van der Waals surface area contributed by atoms with Crippen molar-refractivity contribution < 1.29 is 23.1 Å². The van der Waals surface area contributed by atoms with Crippen molar-refractivity contribution in [3.63, 3.8) is 0 Å². The highest BCUT2D eigenvalue weighted by Gasteiger charge is 2.11. The Morgan fingerprint density at radius 1 is 0.963 bits per heavy atom. The highest BCUT2D eigenvalue weighted by Crippen LogP contribution is 2.14. The predicted octanol–water partition coefficient (Wildman–Crippen LogP) is 3.72. The summed E-state index contributed by atoms with van der Waals surface area (Å²) < 4.78 is 31.4. The lowest BCUT2D eigenvalue weighted by Crippen LogP contribution is -2.27. The van der Waals surface area contributed by atoms with E-state index in [-0.39, 0.29) is 5.56 Å². The molecule has 2 rings (SSSR count). The van der Waals surface area contributed by atoms with Gasteiger partial charge in [-0.2, -0.15) is 0 Å². The Bertz CT molecular complexity index is 790. The maximum Gasteiger partial charge on any atom is 0.338 e. The maximum absolute atomic E-state index is 13.2. The Morgan fingerprint density at radius 3 is 2.19 bits per heavy atom. The van der Waals surface area contributed by atoms with Crippen LogP contribution in [0, 0.1) is 11.6 Å². The summed E-state index contributed by atoms with van der Waals surface area (Å²) in [6.45, 7) is 6.83. The van der Waals surface area contributed by atoms with Crippen LogP contribution in [-0.4, -0.2) is 43.0 Å².